The molecule has 4 nitrogen and oxygen atoms in total. The Morgan fingerprint density at radius 3 is 2.89 bits per heavy atom. The topological polar surface area (TPSA) is 41.6 Å². The summed E-state index contributed by atoms with van der Waals surface area (Å²) in [5.74, 6) is 1.09. The first kappa shape index (κ1) is 13.9. The van der Waals surface area contributed by atoms with E-state index in [1.807, 2.05) is 37.4 Å². The van der Waals surface area contributed by atoms with E-state index in [1.165, 1.54) is 0 Å². The van der Waals surface area contributed by atoms with Gasteiger partial charge in [0, 0.05) is 13.6 Å². The molecule has 1 heterocycles. The summed E-state index contributed by atoms with van der Waals surface area (Å²) >= 11 is 0. The summed E-state index contributed by atoms with van der Waals surface area (Å²) in [6.45, 7) is 2.34. The normalized spacial score (nSPS) is 18.3. The second-order valence-electron chi connectivity index (χ2n) is 4.92. The lowest BCUT2D eigenvalue weighted by Gasteiger charge is -2.21. The second kappa shape index (κ2) is 7.14. The number of para-hydroxylation sites is 1. The Morgan fingerprint density at radius 2 is 2.21 bits per heavy atom. The Kier molecular flexibility index (Phi) is 5.21. The summed E-state index contributed by atoms with van der Waals surface area (Å²) in [4.78, 5) is 13.8. The fourth-order valence-electron chi connectivity index (χ4n) is 2.28. The summed E-state index contributed by atoms with van der Waals surface area (Å²) < 4.78 is 5.61. The molecule has 1 aromatic carbocycles. The van der Waals surface area contributed by atoms with Crippen LogP contribution in [-0.4, -0.2) is 43.6 Å². The minimum absolute atomic E-state index is 0.0278. The largest absolute Gasteiger partial charge is 0.494 e. The maximum absolute atomic E-state index is 12.0. The fraction of sp³-hybridized carbons (Fsp3) is 0.533. The van der Waals surface area contributed by atoms with Crippen LogP contribution in [0.4, 0.5) is 0 Å². The van der Waals surface area contributed by atoms with E-state index in [4.69, 9.17) is 4.74 Å². The number of benzene rings is 1. The Labute approximate surface area is 114 Å². The van der Waals surface area contributed by atoms with Crippen molar-refractivity contribution >= 4 is 5.91 Å². The van der Waals surface area contributed by atoms with Crippen molar-refractivity contribution in [3.63, 3.8) is 0 Å². The molecule has 1 amide bonds. The van der Waals surface area contributed by atoms with Gasteiger partial charge in [-0.15, -0.1) is 0 Å². The zero-order chi connectivity index (χ0) is 13.5. The molecule has 0 unspecified atom stereocenters. The number of amides is 1. The van der Waals surface area contributed by atoms with Crippen LogP contribution in [0.2, 0.25) is 0 Å². The minimum atomic E-state index is 0.0278. The number of hydrogen-bond acceptors (Lipinski definition) is 3. The van der Waals surface area contributed by atoms with E-state index < -0.39 is 0 Å². The third-order valence-corrected chi connectivity index (χ3v) is 3.38. The molecule has 1 atom stereocenters. The maximum atomic E-state index is 12.0. The summed E-state index contributed by atoms with van der Waals surface area (Å²) in [5, 5.41) is 3.23. The zero-order valence-corrected chi connectivity index (χ0v) is 11.5. The van der Waals surface area contributed by atoms with Gasteiger partial charge >= 0.3 is 0 Å². The third kappa shape index (κ3) is 4.24. The minimum Gasteiger partial charge on any atom is -0.494 e. The molecule has 1 aliphatic heterocycles. The zero-order valence-electron chi connectivity index (χ0n) is 11.5. The number of nitrogens with zero attached hydrogens (tertiary/aromatic N) is 1. The van der Waals surface area contributed by atoms with E-state index in [9.17, 15) is 4.79 Å². The number of carbonyl (C=O) groups excluding carboxylic acids is 1. The van der Waals surface area contributed by atoms with Gasteiger partial charge in [-0.2, -0.15) is 0 Å². The molecule has 0 saturated carbocycles. The van der Waals surface area contributed by atoms with E-state index >= 15 is 0 Å². The summed E-state index contributed by atoms with van der Waals surface area (Å²) in [5.41, 5.74) is 0. The molecule has 0 spiro atoms. The van der Waals surface area contributed by atoms with Crippen molar-refractivity contribution in [2.45, 2.75) is 25.3 Å². The van der Waals surface area contributed by atoms with E-state index in [1.54, 1.807) is 4.90 Å². The highest BCUT2D eigenvalue weighted by Gasteiger charge is 2.24. The Balaban J connectivity index is 1.63. The van der Waals surface area contributed by atoms with Crippen LogP contribution in [-0.2, 0) is 4.79 Å². The number of ether oxygens (including phenoxy) is 1. The molecule has 104 valence electrons. The molecule has 1 aromatic rings. The smallest absolute Gasteiger partial charge is 0.239 e. The molecular weight excluding hydrogens is 240 g/mol. The SMILES string of the molecule is CN(CCCOc1ccccc1)C(=O)[C@H]1CCCN1. The van der Waals surface area contributed by atoms with E-state index in [-0.39, 0.29) is 11.9 Å². The molecular formula is C15H22N2O2. The van der Waals surface area contributed by atoms with Crippen LogP contribution < -0.4 is 10.1 Å². The van der Waals surface area contributed by atoms with Gasteiger partial charge in [0.05, 0.1) is 12.6 Å². The predicted octanol–water partition coefficient (Wildman–Crippen LogP) is 1.67. The third-order valence-electron chi connectivity index (χ3n) is 3.38. The molecule has 19 heavy (non-hydrogen) atoms. The Hall–Kier alpha value is -1.55. The Morgan fingerprint density at radius 1 is 1.42 bits per heavy atom. The lowest BCUT2D eigenvalue weighted by atomic mass is 10.2. The van der Waals surface area contributed by atoms with Crippen molar-refractivity contribution in [2.24, 2.45) is 0 Å². The molecule has 1 saturated heterocycles. The number of rotatable bonds is 6. The first-order chi connectivity index (χ1) is 9.27. The first-order valence-corrected chi connectivity index (χ1v) is 6.93. The molecule has 1 N–H and O–H groups in total. The van der Waals surface area contributed by atoms with Crippen LogP contribution in [0.1, 0.15) is 19.3 Å². The van der Waals surface area contributed by atoms with Gasteiger partial charge in [-0.05, 0) is 37.9 Å². The fourth-order valence-corrected chi connectivity index (χ4v) is 2.28. The number of nitrogens with one attached hydrogen (secondary N) is 1. The maximum Gasteiger partial charge on any atom is 0.239 e. The van der Waals surface area contributed by atoms with Crippen LogP contribution in [0.3, 0.4) is 0 Å². The van der Waals surface area contributed by atoms with Crippen LogP contribution in [0, 0.1) is 0 Å². The number of likely N-dealkylation sites (N-methyl/N-ethyl adjacent to an activating group) is 1. The van der Waals surface area contributed by atoms with Crippen LogP contribution in [0.25, 0.3) is 0 Å². The van der Waals surface area contributed by atoms with Gasteiger partial charge < -0.3 is 15.0 Å². The van der Waals surface area contributed by atoms with Gasteiger partial charge in [0.25, 0.3) is 0 Å². The lowest BCUT2D eigenvalue weighted by molar-refractivity contribution is -0.131. The van der Waals surface area contributed by atoms with Crippen molar-refractivity contribution in [3.05, 3.63) is 30.3 Å². The molecule has 4 heteroatoms. The van der Waals surface area contributed by atoms with Crippen LogP contribution in [0.15, 0.2) is 30.3 Å². The molecule has 1 aliphatic rings. The van der Waals surface area contributed by atoms with Gasteiger partial charge in [0.2, 0.25) is 5.91 Å². The summed E-state index contributed by atoms with van der Waals surface area (Å²) in [7, 11) is 1.87. The van der Waals surface area contributed by atoms with Gasteiger partial charge in [-0.1, -0.05) is 18.2 Å². The second-order valence-corrected chi connectivity index (χ2v) is 4.92. The van der Waals surface area contributed by atoms with Crippen molar-refractivity contribution in [3.8, 4) is 5.75 Å². The standard InChI is InChI=1S/C15H22N2O2/c1-17(15(18)14-9-5-10-16-14)11-6-12-19-13-7-3-2-4-8-13/h2-4,7-8,14,16H,5-6,9-12H2,1H3/t14-/m1/s1. The average Bonchev–Trinajstić information content (AvgIpc) is 2.98. The van der Waals surface area contributed by atoms with E-state index in [0.29, 0.717) is 6.61 Å². The molecule has 2 rings (SSSR count). The van der Waals surface area contributed by atoms with E-state index in [2.05, 4.69) is 5.32 Å². The van der Waals surface area contributed by atoms with E-state index in [0.717, 1.165) is 38.1 Å². The van der Waals surface area contributed by atoms with Gasteiger partial charge in [-0.25, -0.2) is 0 Å². The van der Waals surface area contributed by atoms with Crippen molar-refractivity contribution in [2.75, 3.05) is 26.7 Å². The number of hydrogen-bond donors (Lipinski definition) is 1. The highest BCUT2D eigenvalue weighted by atomic mass is 16.5. The monoisotopic (exact) mass is 262 g/mol. The van der Waals surface area contributed by atoms with Crippen LogP contribution >= 0.6 is 0 Å². The predicted molar refractivity (Wildman–Crippen MR) is 75.2 cm³/mol. The van der Waals surface area contributed by atoms with Crippen LogP contribution in [0.5, 0.6) is 5.75 Å². The highest BCUT2D eigenvalue weighted by Crippen LogP contribution is 2.10. The Bertz CT molecular complexity index is 388. The van der Waals surface area contributed by atoms with Gasteiger partial charge in [0.1, 0.15) is 5.75 Å². The summed E-state index contributed by atoms with van der Waals surface area (Å²) in [6, 6.07) is 9.79. The van der Waals surface area contributed by atoms with Crippen molar-refractivity contribution < 1.29 is 9.53 Å². The molecule has 1 fully saturated rings. The van der Waals surface area contributed by atoms with Crippen molar-refractivity contribution in [1.29, 1.82) is 0 Å². The molecule has 0 radical (unpaired) electrons. The summed E-state index contributed by atoms with van der Waals surface area (Å²) in [6.07, 6.45) is 2.91. The van der Waals surface area contributed by atoms with Gasteiger partial charge in [0.15, 0.2) is 0 Å². The molecule has 0 aromatic heterocycles. The molecule has 0 bridgehead atoms. The first-order valence-electron chi connectivity index (χ1n) is 6.93. The average molecular weight is 262 g/mol. The van der Waals surface area contributed by atoms with Gasteiger partial charge in [-0.3, -0.25) is 4.79 Å². The molecule has 0 aliphatic carbocycles. The van der Waals surface area contributed by atoms with Crippen molar-refractivity contribution in [1.82, 2.24) is 10.2 Å². The number of carbonyl (C=O) groups is 1. The lowest BCUT2D eigenvalue weighted by Crippen LogP contribution is -2.42. The quantitative estimate of drug-likeness (QED) is 0.793. The highest BCUT2D eigenvalue weighted by molar-refractivity contribution is 5.81.